The fourth-order valence-corrected chi connectivity index (χ4v) is 4.33. The van der Waals surface area contributed by atoms with Crippen molar-refractivity contribution in [1.82, 2.24) is 9.38 Å². The molecule has 6 nitrogen and oxygen atoms in total. The van der Waals surface area contributed by atoms with Gasteiger partial charge in [-0.3, -0.25) is 9.20 Å². The molecule has 0 spiro atoms. The summed E-state index contributed by atoms with van der Waals surface area (Å²) in [4.78, 5) is 30.1. The first-order chi connectivity index (χ1) is 16.8. The molecule has 36 heavy (non-hydrogen) atoms. The van der Waals surface area contributed by atoms with Gasteiger partial charge in [-0.25, -0.2) is 9.78 Å². The summed E-state index contributed by atoms with van der Waals surface area (Å²) in [7, 11) is 1.32. The Hall–Kier alpha value is -3.93. The molecule has 0 radical (unpaired) electrons. The third-order valence-corrected chi connectivity index (χ3v) is 6.32. The minimum absolute atomic E-state index is 0.260. The molecule has 0 saturated carbocycles. The van der Waals surface area contributed by atoms with Crippen molar-refractivity contribution in [1.29, 1.82) is 0 Å². The van der Waals surface area contributed by atoms with Crippen molar-refractivity contribution in [2.24, 2.45) is 0 Å². The number of phenols is 1. The number of hydrogen-bond acceptors (Lipinski definition) is 5. The predicted octanol–water partition coefficient (Wildman–Crippen LogP) is 6.32. The van der Waals surface area contributed by atoms with E-state index in [9.17, 15) is 14.7 Å². The van der Waals surface area contributed by atoms with Crippen LogP contribution in [0.3, 0.4) is 0 Å². The van der Waals surface area contributed by atoms with Crippen molar-refractivity contribution in [3.63, 3.8) is 0 Å². The standard InChI is InChI=1S/C30H32N2O4/c1-29(2,3)21-16-20(17-22(26(21)34)30(4,5)6)24-23-10-8-9-15-32(23)27(31-24)25(33)18-11-13-19(14-12-18)28(35)36-7/h8-17,34H,1-7H3. The Bertz CT molecular complexity index is 1430. The second kappa shape index (κ2) is 8.94. The van der Waals surface area contributed by atoms with Gasteiger partial charge in [0.2, 0.25) is 5.78 Å². The maximum Gasteiger partial charge on any atom is 0.337 e. The van der Waals surface area contributed by atoms with Crippen LogP contribution in [0, 0.1) is 0 Å². The molecule has 0 aliphatic rings. The number of ether oxygens (including phenoxy) is 1. The number of imidazole rings is 1. The average molecular weight is 485 g/mol. The zero-order chi connectivity index (χ0) is 26.4. The van der Waals surface area contributed by atoms with Gasteiger partial charge < -0.3 is 9.84 Å². The van der Waals surface area contributed by atoms with Crippen LogP contribution in [-0.2, 0) is 15.6 Å². The summed E-state index contributed by atoms with van der Waals surface area (Å²) >= 11 is 0. The van der Waals surface area contributed by atoms with Crippen molar-refractivity contribution in [3.05, 3.63) is 88.9 Å². The van der Waals surface area contributed by atoms with Crippen LogP contribution in [0.25, 0.3) is 16.8 Å². The zero-order valence-corrected chi connectivity index (χ0v) is 21.8. The molecular formula is C30H32N2O4. The van der Waals surface area contributed by atoms with Gasteiger partial charge in [0.05, 0.1) is 23.9 Å². The molecule has 0 aliphatic carbocycles. The Morgan fingerprint density at radius 3 is 1.94 bits per heavy atom. The van der Waals surface area contributed by atoms with E-state index in [-0.39, 0.29) is 22.4 Å². The van der Waals surface area contributed by atoms with E-state index in [0.29, 0.717) is 22.6 Å². The highest BCUT2D eigenvalue weighted by Gasteiger charge is 2.28. The number of aromatic hydroxyl groups is 1. The van der Waals surface area contributed by atoms with Crippen LogP contribution < -0.4 is 0 Å². The van der Waals surface area contributed by atoms with Crippen molar-refractivity contribution < 1.29 is 19.4 Å². The molecular weight excluding hydrogens is 452 g/mol. The van der Waals surface area contributed by atoms with Gasteiger partial charge in [-0.15, -0.1) is 0 Å². The number of benzene rings is 2. The fourth-order valence-electron chi connectivity index (χ4n) is 4.33. The molecule has 0 aliphatic heterocycles. The van der Waals surface area contributed by atoms with Crippen LogP contribution in [0.5, 0.6) is 5.75 Å². The Kier molecular flexibility index (Phi) is 6.25. The predicted molar refractivity (Wildman–Crippen MR) is 141 cm³/mol. The quantitative estimate of drug-likeness (QED) is 0.271. The normalized spacial score (nSPS) is 12.1. The van der Waals surface area contributed by atoms with Crippen LogP contribution in [0.2, 0.25) is 0 Å². The topological polar surface area (TPSA) is 80.9 Å². The number of aromatic nitrogens is 2. The summed E-state index contributed by atoms with van der Waals surface area (Å²) in [5.74, 6) is -0.151. The molecule has 1 N–H and O–H groups in total. The Labute approximate surface area is 211 Å². The molecule has 186 valence electrons. The number of phenolic OH excluding ortho intramolecular Hbond substituents is 1. The highest BCUT2D eigenvalue weighted by atomic mass is 16.5. The fraction of sp³-hybridized carbons (Fsp3) is 0.300. The lowest BCUT2D eigenvalue weighted by molar-refractivity contribution is 0.0600. The summed E-state index contributed by atoms with van der Waals surface area (Å²) in [5, 5.41) is 11.2. The molecule has 2 aromatic heterocycles. The lowest BCUT2D eigenvalue weighted by Crippen LogP contribution is -2.17. The third kappa shape index (κ3) is 4.51. The maximum atomic E-state index is 13.5. The van der Waals surface area contributed by atoms with Crippen molar-refractivity contribution in [2.75, 3.05) is 7.11 Å². The minimum Gasteiger partial charge on any atom is -0.507 e. The van der Waals surface area contributed by atoms with Crippen LogP contribution in [0.15, 0.2) is 60.8 Å². The number of nitrogens with zero attached hydrogens (tertiary/aromatic N) is 2. The number of carbonyl (C=O) groups excluding carboxylic acids is 2. The first-order valence-electron chi connectivity index (χ1n) is 11.9. The molecule has 4 aromatic rings. The van der Waals surface area contributed by atoms with E-state index < -0.39 is 5.97 Å². The van der Waals surface area contributed by atoms with E-state index in [2.05, 4.69) is 41.5 Å². The molecule has 0 atom stereocenters. The summed E-state index contributed by atoms with van der Waals surface area (Å²) < 4.78 is 6.53. The van der Waals surface area contributed by atoms with Crippen molar-refractivity contribution >= 4 is 17.3 Å². The zero-order valence-electron chi connectivity index (χ0n) is 21.8. The summed E-state index contributed by atoms with van der Waals surface area (Å²) in [5.41, 5.74) is 4.15. The van der Waals surface area contributed by atoms with Crippen LogP contribution in [0.4, 0.5) is 0 Å². The number of hydrogen-bond donors (Lipinski definition) is 1. The van der Waals surface area contributed by atoms with Crippen LogP contribution in [0.1, 0.15) is 79.2 Å². The first kappa shape index (κ1) is 25.2. The summed E-state index contributed by atoms with van der Waals surface area (Å²) in [6, 6.07) is 16.0. The Morgan fingerprint density at radius 2 is 1.42 bits per heavy atom. The van der Waals surface area contributed by atoms with E-state index in [1.54, 1.807) is 28.7 Å². The second-order valence-corrected chi connectivity index (χ2v) is 11.1. The molecule has 2 aromatic carbocycles. The number of methoxy groups -OCH3 is 1. The van der Waals surface area contributed by atoms with E-state index >= 15 is 0 Å². The lowest BCUT2D eigenvalue weighted by Gasteiger charge is -2.28. The van der Waals surface area contributed by atoms with Crippen molar-refractivity contribution in [2.45, 2.75) is 52.4 Å². The number of ketones is 1. The monoisotopic (exact) mass is 484 g/mol. The lowest BCUT2D eigenvalue weighted by atomic mass is 9.78. The second-order valence-electron chi connectivity index (χ2n) is 11.1. The first-order valence-corrected chi connectivity index (χ1v) is 11.9. The molecule has 0 saturated heterocycles. The number of esters is 1. The van der Waals surface area contributed by atoms with E-state index in [1.165, 1.54) is 7.11 Å². The minimum atomic E-state index is -0.459. The molecule has 2 heterocycles. The van der Waals surface area contributed by atoms with Gasteiger partial charge in [0.25, 0.3) is 0 Å². The van der Waals surface area contributed by atoms with Crippen LogP contribution in [-0.4, -0.2) is 33.4 Å². The van der Waals surface area contributed by atoms with Gasteiger partial charge in [-0.1, -0.05) is 59.7 Å². The van der Waals surface area contributed by atoms with E-state index in [0.717, 1.165) is 22.2 Å². The summed E-state index contributed by atoms with van der Waals surface area (Å²) in [6.07, 6.45) is 1.82. The molecule has 0 unspecified atom stereocenters. The van der Waals surface area contributed by atoms with Gasteiger partial charge in [-0.2, -0.15) is 0 Å². The average Bonchev–Trinajstić information content (AvgIpc) is 3.21. The largest absolute Gasteiger partial charge is 0.507 e. The molecule has 4 rings (SSSR count). The number of carbonyl (C=O) groups is 2. The van der Waals surface area contributed by atoms with Gasteiger partial charge in [0, 0.05) is 28.5 Å². The van der Waals surface area contributed by atoms with Gasteiger partial charge in [0.1, 0.15) is 5.75 Å². The van der Waals surface area contributed by atoms with Gasteiger partial charge >= 0.3 is 5.97 Å². The number of fused-ring (bicyclic) bond motifs is 1. The number of pyridine rings is 1. The third-order valence-electron chi connectivity index (χ3n) is 6.32. The van der Waals surface area contributed by atoms with E-state index in [1.807, 2.05) is 36.5 Å². The highest BCUT2D eigenvalue weighted by molar-refractivity contribution is 6.08. The molecule has 0 bridgehead atoms. The Morgan fingerprint density at radius 1 is 0.861 bits per heavy atom. The molecule has 0 fully saturated rings. The smallest absolute Gasteiger partial charge is 0.337 e. The van der Waals surface area contributed by atoms with Gasteiger partial charge in [-0.05, 0) is 47.2 Å². The molecule has 6 heteroatoms. The van der Waals surface area contributed by atoms with E-state index in [4.69, 9.17) is 9.72 Å². The van der Waals surface area contributed by atoms with Gasteiger partial charge in [0.15, 0.2) is 5.82 Å². The van der Waals surface area contributed by atoms with Crippen molar-refractivity contribution in [3.8, 4) is 17.0 Å². The highest BCUT2D eigenvalue weighted by Crippen LogP contribution is 2.42. The maximum absolute atomic E-state index is 13.5. The number of rotatable bonds is 4. The summed E-state index contributed by atoms with van der Waals surface area (Å²) in [6.45, 7) is 12.4. The molecule has 0 amide bonds. The SMILES string of the molecule is COC(=O)c1ccc(C(=O)c2nc(-c3cc(C(C)(C)C)c(O)c(C(C)(C)C)c3)c3ccccn23)cc1. The Balaban J connectivity index is 1.91. The van der Waals surface area contributed by atoms with Crippen LogP contribution >= 0.6 is 0 Å².